The van der Waals surface area contributed by atoms with Crippen LogP contribution in [0.5, 0.6) is 0 Å². The molecule has 0 bridgehead atoms. The third kappa shape index (κ3) is 4.61. The van der Waals surface area contributed by atoms with Crippen molar-refractivity contribution >= 4 is 6.21 Å². The zero-order valence-corrected chi connectivity index (χ0v) is 9.16. The molecule has 1 nitrogen and oxygen atoms in total. The van der Waals surface area contributed by atoms with E-state index in [0.717, 1.165) is 24.1 Å². The first-order valence-corrected chi connectivity index (χ1v) is 4.98. The summed E-state index contributed by atoms with van der Waals surface area (Å²) in [5.74, 6) is 0. The molecule has 0 aliphatic heterocycles. The van der Waals surface area contributed by atoms with Crippen molar-refractivity contribution in [1.29, 1.82) is 0 Å². The maximum absolute atomic E-state index is 4.35. The van der Waals surface area contributed by atoms with Crippen LogP contribution >= 0.6 is 0 Å². The third-order valence-electron chi connectivity index (χ3n) is 1.63. The van der Waals surface area contributed by atoms with Gasteiger partial charge in [0.05, 0.1) is 5.70 Å². The molecular weight excluding hydrogens is 170 g/mol. The monoisotopic (exact) mass is 189 g/mol. The van der Waals surface area contributed by atoms with Gasteiger partial charge in [0.1, 0.15) is 0 Å². The fourth-order valence-corrected chi connectivity index (χ4v) is 1.03. The lowest BCUT2D eigenvalue weighted by molar-refractivity contribution is 1.18. The average molecular weight is 189 g/mol. The van der Waals surface area contributed by atoms with Crippen LogP contribution in [0.1, 0.15) is 26.7 Å². The molecule has 0 atom stereocenters. The lowest BCUT2D eigenvalue weighted by atomic mass is 10.1. The van der Waals surface area contributed by atoms with Gasteiger partial charge in [0.15, 0.2) is 0 Å². The number of allylic oxidation sites excluding steroid dienone is 4. The van der Waals surface area contributed by atoms with E-state index in [1.54, 1.807) is 6.08 Å². The van der Waals surface area contributed by atoms with Crippen molar-refractivity contribution in [3.63, 3.8) is 0 Å². The summed E-state index contributed by atoms with van der Waals surface area (Å²) in [6.45, 7) is 11.6. The van der Waals surface area contributed by atoms with E-state index in [1.165, 1.54) is 0 Å². The fraction of sp³-hybridized carbons (Fsp3) is 0.308. The number of aliphatic imine (C=N–C) groups is 1. The molecule has 0 aromatic carbocycles. The van der Waals surface area contributed by atoms with Crippen LogP contribution in [-0.4, -0.2) is 6.21 Å². The van der Waals surface area contributed by atoms with Gasteiger partial charge in [-0.05, 0) is 24.5 Å². The molecule has 0 spiro atoms. The minimum absolute atomic E-state index is 0.929. The summed E-state index contributed by atoms with van der Waals surface area (Å²) in [5, 5.41) is 0. The summed E-state index contributed by atoms with van der Waals surface area (Å²) in [5.41, 5.74) is 2.00. The van der Waals surface area contributed by atoms with E-state index in [2.05, 4.69) is 38.1 Å². The van der Waals surface area contributed by atoms with Crippen LogP contribution in [0.3, 0.4) is 0 Å². The highest BCUT2D eigenvalue weighted by atomic mass is 14.7. The molecule has 1 heteroatoms. The number of nitrogens with zero attached hydrogens (tertiary/aromatic N) is 1. The molecule has 0 saturated heterocycles. The molecule has 0 aromatic heterocycles. The predicted octanol–water partition coefficient (Wildman–Crippen LogP) is 4.06. The van der Waals surface area contributed by atoms with Gasteiger partial charge in [0, 0.05) is 6.21 Å². The van der Waals surface area contributed by atoms with Gasteiger partial charge in [-0.1, -0.05) is 45.2 Å². The molecule has 0 rings (SSSR count). The maximum atomic E-state index is 4.35. The van der Waals surface area contributed by atoms with Crippen LogP contribution in [0, 0.1) is 0 Å². The highest BCUT2D eigenvalue weighted by Crippen LogP contribution is 2.13. The Labute approximate surface area is 87.3 Å². The first-order valence-electron chi connectivity index (χ1n) is 4.98. The van der Waals surface area contributed by atoms with E-state index < -0.39 is 0 Å². The first kappa shape index (κ1) is 12.6. The Hall–Kier alpha value is -1.37. The lowest BCUT2D eigenvalue weighted by Gasteiger charge is -2.01. The highest BCUT2D eigenvalue weighted by molar-refractivity contribution is 5.60. The summed E-state index contributed by atoms with van der Waals surface area (Å²) < 4.78 is 0. The van der Waals surface area contributed by atoms with Gasteiger partial charge < -0.3 is 0 Å². The van der Waals surface area contributed by atoms with Gasteiger partial charge in [0.25, 0.3) is 0 Å². The van der Waals surface area contributed by atoms with Gasteiger partial charge in [-0.2, -0.15) is 0 Å². The molecule has 0 heterocycles. The van der Waals surface area contributed by atoms with Gasteiger partial charge >= 0.3 is 0 Å². The van der Waals surface area contributed by atoms with E-state index in [0.29, 0.717) is 0 Å². The van der Waals surface area contributed by atoms with Crippen molar-refractivity contribution < 1.29 is 0 Å². The van der Waals surface area contributed by atoms with Crippen molar-refractivity contribution in [3.8, 4) is 0 Å². The maximum Gasteiger partial charge on any atom is 0.0694 e. The van der Waals surface area contributed by atoms with E-state index in [4.69, 9.17) is 0 Å². The summed E-state index contributed by atoms with van der Waals surface area (Å²) in [7, 11) is 0. The van der Waals surface area contributed by atoms with Crippen molar-refractivity contribution in [2.75, 3.05) is 0 Å². The predicted molar refractivity (Wildman–Crippen MR) is 65.6 cm³/mol. The van der Waals surface area contributed by atoms with Gasteiger partial charge in [-0.3, -0.25) is 4.99 Å². The van der Waals surface area contributed by atoms with Crippen LogP contribution in [0.4, 0.5) is 0 Å². The van der Waals surface area contributed by atoms with Crippen LogP contribution in [0.15, 0.2) is 53.7 Å². The number of rotatable bonds is 6. The summed E-state index contributed by atoms with van der Waals surface area (Å²) in [4.78, 5) is 4.35. The number of hydrogen-bond donors (Lipinski definition) is 0. The Morgan fingerprint density at radius 1 is 1.21 bits per heavy atom. The molecule has 0 fully saturated rings. The van der Waals surface area contributed by atoms with E-state index in [9.17, 15) is 0 Å². The van der Waals surface area contributed by atoms with Crippen molar-refractivity contribution in [2.45, 2.75) is 26.7 Å². The Morgan fingerprint density at radius 2 is 1.93 bits per heavy atom. The van der Waals surface area contributed by atoms with Crippen LogP contribution in [-0.2, 0) is 0 Å². The quantitative estimate of drug-likeness (QED) is 0.441. The van der Waals surface area contributed by atoms with Crippen LogP contribution in [0.25, 0.3) is 0 Å². The largest absolute Gasteiger partial charge is 0.261 e. The summed E-state index contributed by atoms with van der Waals surface area (Å²) in [6.07, 6.45) is 11.4. The van der Waals surface area contributed by atoms with Gasteiger partial charge in [-0.15, -0.1) is 0 Å². The normalized spacial score (nSPS) is 13.3. The average Bonchev–Trinajstić information content (AvgIpc) is 2.21. The minimum Gasteiger partial charge on any atom is -0.261 e. The van der Waals surface area contributed by atoms with E-state index >= 15 is 0 Å². The first-order chi connectivity index (χ1) is 6.79. The van der Waals surface area contributed by atoms with E-state index in [1.807, 2.05) is 18.4 Å². The Balaban J connectivity index is 4.88. The second-order valence-electron chi connectivity index (χ2n) is 2.78. The molecule has 0 saturated carbocycles. The molecule has 0 amide bonds. The minimum atomic E-state index is 0.929. The topological polar surface area (TPSA) is 12.4 Å². The van der Waals surface area contributed by atoms with E-state index in [-0.39, 0.29) is 0 Å². The highest BCUT2D eigenvalue weighted by Gasteiger charge is 1.96. The molecule has 14 heavy (non-hydrogen) atoms. The zero-order chi connectivity index (χ0) is 10.8. The molecule has 0 aliphatic rings. The SMILES string of the molecule is C=C/C=C(\N=C/CC)C(/C=C)=C/CC. The Bertz CT molecular complexity index is 267. The molecule has 0 unspecified atom stereocenters. The second-order valence-corrected chi connectivity index (χ2v) is 2.78. The molecule has 0 radical (unpaired) electrons. The fourth-order valence-electron chi connectivity index (χ4n) is 1.03. The Kier molecular flexibility index (Phi) is 7.43. The molecule has 0 N–H and O–H groups in total. The Morgan fingerprint density at radius 3 is 2.36 bits per heavy atom. The zero-order valence-electron chi connectivity index (χ0n) is 9.16. The molecule has 76 valence electrons. The second kappa shape index (κ2) is 8.24. The third-order valence-corrected chi connectivity index (χ3v) is 1.63. The van der Waals surface area contributed by atoms with Crippen LogP contribution in [0.2, 0.25) is 0 Å². The van der Waals surface area contributed by atoms with Crippen LogP contribution < -0.4 is 0 Å². The molecule has 0 aromatic rings. The summed E-state index contributed by atoms with van der Waals surface area (Å²) in [6, 6.07) is 0. The van der Waals surface area contributed by atoms with Gasteiger partial charge in [0.2, 0.25) is 0 Å². The van der Waals surface area contributed by atoms with Gasteiger partial charge in [-0.25, -0.2) is 0 Å². The summed E-state index contributed by atoms with van der Waals surface area (Å²) >= 11 is 0. The van der Waals surface area contributed by atoms with Crippen molar-refractivity contribution in [2.24, 2.45) is 4.99 Å². The molecule has 0 aliphatic carbocycles. The van der Waals surface area contributed by atoms with Crippen molar-refractivity contribution in [1.82, 2.24) is 0 Å². The molecular formula is C13H19N. The standard InChI is InChI=1S/C13H19N/c1-5-9-12(8-4)13(10-6-2)14-11-7-3/h6,8-11H,2,4-5,7H2,1,3H3/b12-9+,13-10-,14-11-. The number of hydrogen-bond acceptors (Lipinski definition) is 1. The van der Waals surface area contributed by atoms with Crippen molar-refractivity contribution in [3.05, 3.63) is 48.7 Å². The lowest BCUT2D eigenvalue weighted by Crippen LogP contribution is -1.84. The smallest absolute Gasteiger partial charge is 0.0694 e.